The number of hydrogen-bond acceptors (Lipinski definition) is 5. The number of aromatic nitrogens is 1. The highest BCUT2D eigenvalue weighted by Gasteiger charge is 2.29. The van der Waals surface area contributed by atoms with Gasteiger partial charge in [0.25, 0.3) is 0 Å². The average Bonchev–Trinajstić information content (AvgIpc) is 2.64. The van der Waals surface area contributed by atoms with Gasteiger partial charge in [0, 0.05) is 38.3 Å². The van der Waals surface area contributed by atoms with E-state index in [4.69, 9.17) is 4.74 Å². The Morgan fingerprint density at radius 1 is 1.08 bits per heavy atom. The van der Waals surface area contributed by atoms with Gasteiger partial charge >= 0.3 is 0 Å². The molecule has 2 heterocycles. The molecule has 2 aromatic rings. The first-order valence-electron chi connectivity index (χ1n) is 7.62. The molecule has 1 aromatic heterocycles. The summed E-state index contributed by atoms with van der Waals surface area (Å²) in [5.74, 6) is -0.738. The summed E-state index contributed by atoms with van der Waals surface area (Å²) in [6.07, 6.45) is 1.24. The summed E-state index contributed by atoms with van der Waals surface area (Å²) in [7, 11) is -2.24. The zero-order chi connectivity index (χ0) is 18.0. The number of piperazine rings is 1. The predicted octanol–water partition coefficient (Wildman–Crippen LogP) is 1.88. The summed E-state index contributed by atoms with van der Waals surface area (Å²) in [5, 5.41) is 0. The summed E-state index contributed by atoms with van der Waals surface area (Å²) in [4.78, 5) is 5.62. The molecule has 0 unspecified atom stereocenters. The van der Waals surface area contributed by atoms with Crippen molar-refractivity contribution in [3.05, 3.63) is 48.2 Å². The molecular formula is C16H17F2N3O3S. The lowest BCUT2D eigenvalue weighted by atomic mass is 10.2. The topological polar surface area (TPSA) is 62.7 Å². The molecule has 1 aliphatic heterocycles. The van der Waals surface area contributed by atoms with Gasteiger partial charge in [-0.2, -0.15) is 4.31 Å². The number of ether oxygens (including phenoxy) is 1. The minimum absolute atomic E-state index is 0.0682. The second-order valence-electron chi connectivity index (χ2n) is 5.52. The Morgan fingerprint density at radius 2 is 1.80 bits per heavy atom. The molecule has 0 amide bonds. The van der Waals surface area contributed by atoms with Gasteiger partial charge in [-0.05, 0) is 18.2 Å². The quantitative estimate of drug-likeness (QED) is 0.824. The van der Waals surface area contributed by atoms with Crippen LogP contribution in [0.1, 0.15) is 0 Å². The molecule has 0 atom stereocenters. The number of halogens is 2. The van der Waals surface area contributed by atoms with Crippen molar-refractivity contribution in [2.75, 3.05) is 38.2 Å². The van der Waals surface area contributed by atoms with Gasteiger partial charge in [-0.3, -0.25) is 0 Å². The van der Waals surface area contributed by atoms with Crippen molar-refractivity contribution in [2.45, 2.75) is 4.90 Å². The molecule has 0 aliphatic carbocycles. The lowest BCUT2D eigenvalue weighted by molar-refractivity contribution is 0.381. The van der Waals surface area contributed by atoms with Gasteiger partial charge in [-0.1, -0.05) is 0 Å². The standard InChI is InChI=1S/C16H17F2N3O3S/c1-24-16-5-3-13(11-19-16)25(22,23)21-8-6-20(7-9-21)15-10-12(17)2-4-14(15)18/h2-5,10-11H,6-9H2,1H3. The Kier molecular flexibility index (Phi) is 4.87. The first-order valence-corrected chi connectivity index (χ1v) is 9.06. The van der Waals surface area contributed by atoms with Crippen molar-refractivity contribution in [1.29, 1.82) is 0 Å². The van der Waals surface area contributed by atoms with E-state index in [2.05, 4.69) is 4.98 Å². The van der Waals surface area contributed by atoms with Crippen LogP contribution in [0, 0.1) is 11.6 Å². The summed E-state index contributed by atoms with van der Waals surface area (Å²) in [6, 6.07) is 6.14. The molecule has 0 N–H and O–H groups in total. The molecule has 1 aromatic carbocycles. The highest BCUT2D eigenvalue weighted by molar-refractivity contribution is 7.89. The normalized spacial score (nSPS) is 16.0. The van der Waals surface area contributed by atoms with Gasteiger partial charge in [0.05, 0.1) is 19.0 Å². The molecule has 134 valence electrons. The highest BCUT2D eigenvalue weighted by Crippen LogP contribution is 2.24. The van der Waals surface area contributed by atoms with Gasteiger partial charge in [0.1, 0.15) is 16.5 Å². The van der Waals surface area contributed by atoms with E-state index >= 15 is 0 Å². The summed E-state index contributed by atoms with van der Waals surface area (Å²) in [5.41, 5.74) is 0.142. The van der Waals surface area contributed by atoms with E-state index in [1.165, 1.54) is 29.7 Å². The van der Waals surface area contributed by atoms with Crippen LogP contribution in [0.3, 0.4) is 0 Å². The van der Waals surface area contributed by atoms with Gasteiger partial charge in [-0.25, -0.2) is 22.2 Å². The van der Waals surface area contributed by atoms with Crippen LogP contribution in [0.5, 0.6) is 5.88 Å². The maximum atomic E-state index is 13.9. The van der Waals surface area contributed by atoms with Crippen LogP contribution >= 0.6 is 0 Å². The Bertz CT molecular complexity index is 851. The molecule has 0 radical (unpaired) electrons. The predicted molar refractivity (Wildman–Crippen MR) is 88.1 cm³/mol. The van der Waals surface area contributed by atoms with Crippen LogP contribution in [0.15, 0.2) is 41.4 Å². The summed E-state index contributed by atoms with van der Waals surface area (Å²) >= 11 is 0. The van der Waals surface area contributed by atoms with Crippen LogP contribution in [0.4, 0.5) is 14.5 Å². The Labute approximate surface area is 144 Å². The van der Waals surface area contributed by atoms with E-state index in [9.17, 15) is 17.2 Å². The van der Waals surface area contributed by atoms with Crippen molar-refractivity contribution in [2.24, 2.45) is 0 Å². The summed E-state index contributed by atoms with van der Waals surface area (Å²) < 4.78 is 58.7. The molecule has 3 rings (SSSR count). The van der Waals surface area contributed by atoms with E-state index in [0.717, 1.165) is 18.2 Å². The highest BCUT2D eigenvalue weighted by atomic mass is 32.2. The summed E-state index contributed by atoms with van der Waals surface area (Å²) in [6.45, 7) is 0.876. The molecule has 1 aliphatic rings. The number of anilines is 1. The number of sulfonamides is 1. The van der Waals surface area contributed by atoms with E-state index in [1.54, 1.807) is 4.90 Å². The number of rotatable bonds is 4. The Balaban J connectivity index is 1.73. The molecule has 0 bridgehead atoms. The van der Waals surface area contributed by atoms with Gasteiger partial charge in [0.2, 0.25) is 15.9 Å². The van der Waals surface area contributed by atoms with Crippen molar-refractivity contribution < 1.29 is 21.9 Å². The zero-order valence-corrected chi connectivity index (χ0v) is 14.3. The molecule has 9 heteroatoms. The fourth-order valence-electron chi connectivity index (χ4n) is 2.69. The maximum Gasteiger partial charge on any atom is 0.244 e. The zero-order valence-electron chi connectivity index (χ0n) is 13.5. The fraction of sp³-hybridized carbons (Fsp3) is 0.312. The molecule has 1 fully saturated rings. The van der Waals surface area contributed by atoms with Crippen LogP contribution in [-0.4, -0.2) is 51.0 Å². The van der Waals surface area contributed by atoms with E-state index in [0.29, 0.717) is 5.88 Å². The smallest absolute Gasteiger partial charge is 0.244 e. The first-order chi connectivity index (χ1) is 11.9. The number of pyridine rings is 1. The third kappa shape index (κ3) is 3.57. The SMILES string of the molecule is COc1ccc(S(=O)(=O)N2CCN(c3cc(F)ccc3F)CC2)cn1. The second kappa shape index (κ2) is 6.93. The van der Waals surface area contributed by atoms with Crippen molar-refractivity contribution in [3.63, 3.8) is 0 Å². The molecule has 0 spiro atoms. The minimum Gasteiger partial charge on any atom is -0.481 e. The number of methoxy groups -OCH3 is 1. The van der Waals surface area contributed by atoms with Crippen LogP contribution in [0.2, 0.25) is 0 Å². The lowest BCUT2D eigenvalue weighted by Crippen LogP contribution is -2.49. The minimum atomic E-state index is -3.69. The monoisotopic (exact) mass is 369 g/mol. The molecule has 0 saturated carbocycles. The van der Waals surface area contributed by atoms with Crippen molar-refractivity contribution in [3.8, 4) is 5.88 Å². The Morgan fingerprint density at radius 3 is 2.40 bits per heavy atom. The van der Waals surface area contributed by atoms with Crippen molar-refractivity contribution in [1.82, 2.24) is 9.29 Å². The third-order valence-electron chi connectivity index (χ3n) is 4.04. The average molecular weight is 369 g/mol. The third-order valence-corrected chi connectivity index (χ3v) is 5.93. The van der Waals surface area contributed by atoms with E-state index < -0.39 is 21.7 Å². The maximum absolute atomic E-state index is 13.9. The number of benzene rings is 1. The largest absolute Gasteiger partial charge is 0.481 e. The second-order valence-corrected chi connectivity index (χ2v) is 7.46. The first kappa shape index (κ1) is 17.6. The van der Waals surface area contributed by atoms with Crippen LogP contribution in [0.25, 0.3) is 0 Å². The lowest BCUT2D eigenvalue weighted by Gasteiger charge is -2.35. The van der Waals surface area contributed by atoms with E-state index in [-0.39, 0.29) is 36.8 Å². The number of hydrogen-bond donors (Lipinski definition) is 0. The van der Waals surface area contributed by atoms with Gasteiger partial charge in [0.15, 0.2) is 0 Å². The van der Waals surface area contributed by atoms with Crippen LogP contribution in [-0.2, 0) is 10.0 Å². The van der Waals surface area contributed by atoms with Crippen molar-refractivity contribution >= 4 is 15.7 Å². The van der Waals surface area contributed by atoms with Gasteiger partial charge < -0.3 is 9.64 Å². The molecule has 1 saturated heterocycles. The fourth-order valence-corrected chi connectivity index (χ4v) is 4.05. The number of nitrogens with zero attached hydrogens (tertiary/aromatic N) is 3. The van der Waals surface area contributed by atoms with Crippen LogP contribution < -0.4 is 9.64 Å². The van der Waals surface area contributed by atoms with Gasteiger partial charge in [-0.15, -0.1) is 0 Å². The molecular weight excluding hydrogens is 352 g/mol. The molecule has 25 heavy (non-hydrogen) atoms. The van der Waals surface area contributed by atoms with E-state index in [1.807, 2.05) is 0 Å². The molecule has 6 nitrogen and oxygen atoms in total. The Hall–Kier alpha value is -2.26.